The van der Waals surface area contributed by atoms with E-state index in [4.69, 9.17) is 9.72 Å². The van der Waals surface area contributed by atoms with Crippen LogP contribution in [0.5, 0.6) is 0 Å². The third-order valence-corrected chi connectivity index (χ3v) is 8.35. The van der Waals surface area contributed by atoms with Gasteiger partial charge in [-0.15, -0.1) is 0 Å². The Balaban J connectivity index is 1.43. The number of sulfonamides is 1. The molecule has 2 aromatic heterocycles. The average molecular weight is 480 g/mol. The number of rotatable bonds is 6. The number of aryl methyl sites for hydroxylation is 1. The Labute approximate surface area is 199 Å². The quantitative estimate of drug-likeness (QED) is 0.456. The Morgan fingerprint density at radius 1 is 1.06 bits per heavy atom. The van der Waals surface area contributed by atoms with E-state index in [-0.39, 0.29) is 4.90 Å². The summed E-state index contributed by atoms with van der Waals surface area (Å²) in [5, 5.41) is 1.08. The summed E-state index contributed by atoms with van der Waals surface area (Å²) in [6.45, 7) is 6.07. The molecule has 9 heteroatoms. The van der Waals surface area contributed by atoms with Crippen molar-refractivity contribution in [3.63, 3.8) is 0 Å². The molecule has 178 valence electrons. The molecule has 2 aromatic carbocycles. The molecule has 1 N–H and O–H groups in total. The fraction of sp³-hybridized carbons (Fsp3) is 0.360. The van der Waals surface area contributed by atoms with Crippen molar-refractivity contribution in [2.75, 3.05) is 46.4 Å². The van der Waals surface area contributed by atoms with Crippen molar-refractivity contribution >= 4 is 32.0 Å². The third-order valence-electron chi connectivity index (χ3n) is 6.45. The molecule has 0 radical (unpaired) electrons. The van der Waals surface area contributed by atoms with Crippen molar-refractivity contribution in [3.8, 4) is 11.4 Å². The van der Waals surface area contributed by atoms with E-state index in [1.165, 1.54) is 0 Å². The minimum Gasteiger partial charge on any atom is -0.383 e. The first-order chi connectivity index (χ1) is 16.5. The number of nitrogens with one attached hydrogen (secondary N) is 1. The number of H-pyrrole nitrogens is 1. The Kier molecular flexibility index (Phi) is 6.35. The Bertz CT molecular complexity index is 1430. The molecule has 0 aliphatic carbocycles. The van der Waals surface area contributed by atoms with Crippen LogP contribution in [0.25, 0.3) is 33.3 Å². The van der Waals surface area contributed by atoms with Gasteiger partial charge in [0.15, 0.2) is 0 Å². The molecule has 0 spiro atoms. The number of aromatic amines is 1. The van der Waals surface area contributed by atoms with Crippen LogP contribution in [-0.2, 0) is 14.8 Å². The van der Waals surface area contributed by atoms with Crippen LogP contribution in [0.4, 0.5) is 0 Å². The van der Waals surface area contributed by atoms with Crippen LogP contribution < -0.4 is 0 Å². The second-order valence-electron chi connectivity index (χ2n) is 8.72. The molecule has 4 aromatic rings. The van der Waals surface area contributed by atoms with Crippen molar-refractivity contribution in [2.45, 2.75) is 18.2 Å². The van der Waals surface area contributed by atoms with Gasteiger partial charge < -0.3 is 9.72 Å². The number of pyridine rings is 1. The lowest BCUT2D eigenvalue weighted by atomic mass is 10.0. The van der Waals surface area contributed by atoms with Gasteiger partial charge in [-0.3, -0.25) is 9.88 Å². The zero-order chi connectivity index (χ0) is 23.7. The van der Waals surface area contributed by atoms with Crippen molar-refractivity contribution in [1.82, 2.24) is 24.2 Å². The number of imidazole rings is 1. The molecular weight excluding hydrogens is 450 g/mol. The van der Waals surface area contributed by atoms with Crippen molar-refractivity contribution in [1.29, 1.82) is 0 Å². The number of nitrogens with zero attached hydrogens (tertiary/aromatic N) is 4. The lowest BCUT2D eigenvalue weighted by Gasteiger charge is -2.21. The molecule has 1 aliphatic rings. The van der Waals surface area contributed by atoms with E-state index in [1.54, 1.807) is 35.8 Å². The van der Waals surface area contributed by atoms with Crippen molar-refractivity contribution < 1.29 is 13.2 Å². The SMILES string of the molecule is COCCN1CCCN(S(=O)(=O)c2ccc3nc(-c4cc5ncccc5cc4C)[nH]c3c2)CC1. The van der Waals surface area contributed by atoms with Crippen LogP contribution in [0.3, 0.4) is 0 Å². The average Bonchev–Trinajstić information content (AvgIpc) is 3.11. The minimum atomic E-state index is -3.60. The van der Waals surface area contributed by atoms with E-state index in [1.807, 2.05) is 25.1 Å². The minimum absolute atomic E-state index is 0.289. The van der Waals surface area contributed by atoms with E-state index in [0.29, 0.717) is 37.6 Å². The Hall–Kier alpha value is -2.85. The number of methoxy groups -OCH3 is 1. The van der Waals surface area contributed by atoms with Gasteiger partial charge in [0.05, 0.1) is 28.1 Å². The highest BCUT2D eigenvalue weighted by atomic mass is 32.2. The highest BCUT2D eigenvalue weighted by molar-refractivity contribution is 7.89. The fourth-order valence-corrected chi connectivity index (χ4v) is 6.04. The predicted octanol–water partition coefficient (Wildman–Crippen LogP) is 3.43. The first-order valence-corrected chi connectivity index (χ1v) is 13.0. The maximum atomic E-state index is 13.4. The van der Waals surface area contributed by atoms with E-state index in [9.17, 15) is 8.42 Å². The van der Waals surface area contributed by atoms with E-state index < -0.39 is 10.0 Å². The summed E-state index contributed by atoms with van der Waals surface area (Å²) in [7, 11) is -1.91. The van der Waals surface area contributed by atoms with Crippen LogP contribution in [0, 0.1) is 6.92 Å². The summed E-state index contributed by atoms with van der Waals surface area (Å²) in [5.41, 5.74) is 4.36. The van der Waals surface area contributed by atoms with Crippen molar-refractivity contribution in [2.24, 2.45) is 0 Å². The maximum Gasteiger partial charge on any atom is 0.243 e. The molecule has 0 amide bonds. The zero-order valence-electron chi connectivity index (χ0n) is 19.5. The number of aromatic nitrogens is 3. The largest absolute Gasteiger partial charge is 0.383 e. The molecular formula is C25H29N5O3S. The molecule has 8 nitrogen and oxygen atoms in total. The van der Waals surface area contributed by atoms with Gasteiger partial charge in [-0.05, 0) is 61.9 Å². The summed E-state index contributed by atoms with van der Waals surface area (Å²) in [6, 6.07) is 13.2. The van der Waals surface area contributed by atoms with Gasteiger partial charge in [0.25, 0.3) is 0 Å². The fourth-order valence-electron chi connectivity index (χ4n) is 4.55. The van der Waals surface area contributed by atoms with Gasteiger partial charge >= 0.3 is 0 Å². The molecule has 0 unspecified atom stereocenters. The van der Waals surface area contributed by atoms with Crippen LogP contribution in [0.15, 0.2) is 53.6 Å². The third kappa shape index (κ3) is 4.44. The molecule has 0 bridgehead atoms. The highest BCUT2D eigenvalue weighted by Crippen LogP contribution is 2.29. The van der Waals surface area contributed by atoms with Gasteiger partial charge in [0.2, 0.25) is 10.0 Å². The summed E-state index contributed by atoms with van der Waals surface area (Å²) >= 11 is 0. The van der Waals surface area contributed by atoms with Crippen LogP contribution >= 0.6 is 0 Å². The second kappa shape index (κ2) is 9.42. The van der Waals surface area contributed by atoms with Crippen LogP contribution in [-0.4, -0.2) is 79.0 Å². The van der Waals surface area contributed by atoms with E-state index >= 15 is 0 Å². The normalized spacial score (nSPS) is 16.3. The predicted molar refractivity (Wildman–Crippen MR) is 133 cm³/mol. The molecule has 0 saturated carbocycles. The summed E-state index contributed by atoms with van der Waals surface area (Å²) < 4.78 is 33.6. The number of hydrogen-bond donors (Lipinski definition) is 1. The number of benzene rings is 2. The number of hydrogen-bond acceptors (Lipinski definition) is 6. The second-order valence-corrected chi connectivity index (χ2v) is 10.7. The van der Waals surface area contributed by atoms with Crippen LogP contribution in [0.2, 0.25) is 0 Å². The lowest BCUT2D eigenvalue weighted by molar-refractivity contribution is 0.151. The molecule has 1 aliphatic heterocycles. The van der Waals surface area contributed by atoms with Crippen LogP contribution in [0.1, 0.15) is 12.0 Å². The summed E-state index contributed by atoms with van der Waals surface area (Å²) in [6.07, 6.45) is 2.57. The van der Waals surface area contributed by atoms with Crippen molar-refractivity contribution in [3.05, 3.63) is 54.2 Å². The lowest BCUT2D eigenvalue weighted by Crippen LogP contribution is -2.36. The molecule has 1 saturated heterocycles. The Morgan fingerprint density at radius 3 is 2.79 bits per heavy atom. The Morgan fingerprint density at radius 2 is 1.94 bits per heavy atom. The van der Waals surface area contributed by atoms with Gasteiger partial charge in [0.1, 0.15) is 5.82 Å². The standard InChI is InChI=1S/C25H29N5O3S/c1-18-15-19-5-3-8-26-23(19)17-21(18)25-27-22-7-6-20(16-24(22)28-25)34(31,32)30-10-4-9-29(11-12-30)13-14-33-2/h3,5-8,15-17H,4,9-14H2,1-2H3,(H,27,28). The number of ether oxygens (including phenoxy) is 1. The summed E-state index contributed by atoms with van der Waals surface area (Å²) in [4.78, 5) is 15.1. The van der Waals surface area contributed by atoms with Gasteiger partial charge in [0, 0.05) is 50.4 Å². The zero-order valence-corrected chi connectivity index (χ0v) is 20.3. The van der Waals surface area contributed by atoms with E-state index in [2.05, 4.69) is 20.9 Å². The molecule has 5 rings (SSSR count). The topological polar surface area (TPSA) is 91.4 Å². The molecule has 1 fully saturated rings. The van der Waals surface area contributed by atoms with Gasteiger partial charge in [-0.25, -0.2) is 13.4 Å². The van der Waals surface area contributed by atoms with Gasteiger partial charge in [-0.2, -0.15) is 4.31 Å². The highest BCUT2D eigenvalue weighted by Gasteiger charge is 2.27. The first-order valence-electron chi connectivity index (χ1n) is 11.5. The van der Waals surface area contributed by atoms with Gasteiger partial charge in [-0.1, -0.05) is 6.07 Å². The maximum absolute atomic E-state index is 13.4. The number of fused-ring (bicyclic) bond motifs is 2. The molecule has 34 heavy (non-hydrogen) atoms. The monoisotopic (exact) mass is 479 g/mol. The molecule has 0 atom stereocenters. The summed E-state index contributed by atoms with van der Waals surface area (Å²) in [5.74, 6) is 0.707. The first kappa shape index (κ1) is 22.9. The van der Waals surface area contributed by atoms with E-state index in [0.717, 1.165) is 47.1 Å². The smallest absolute Gasteiger partial charge is 0.243 e. The molecule has 3 heterocycles.